The standard InChI is InChI=1S/C16H23N3O2/c1-12-6-5-8-14(10-12)17-16(21)18-15(20)11-19-9-4-3-7-13(19)2/h5-6,8,10,13H,3-4,7,9,11H2,1-2H3,(H2,17,18,20,21). The van der Waals surface area contributed by atoms with Gasteiger partial charge >= 0.3 is 6.03 Å². The summed E-state index contributed by atoms with van der Waals surface area (Å²) in [7, 11) is 0. The van der Waals surface area contributed by atoms with E-state index >= 15 is 0 Å². The van der Waals surface area contributed by atoms with Crippen LogP contribution in [0.1, 0.15) is 31.7 Å². The molecule has 0 aliphatic carbocycles. The molecule has 0 spiro atoms. The Morgan fingerprint density at radius 2 is 2.14 bits per heavy atom. The topological polar surface area (TPSA) is 61.4 Å². The van der Waals surface area contributed by atoms with Crippen LogP contribution < -0.4 is 10.6 Å². The Hall–Kier alpha value is -1.88. The zero-order valence-corrected chi connectivity index (χ0v) is 12.7. The van der Waals surface area contributed by atoms with Crippen LogP contribution in [0.5, 0.6) is 0 Å². The number of carbonyl (C=O) groups excluding carboxylic acids is 2. The molecule has 5 nitrogen and oxygen atoms in total. The fourth-order valence-corrected chi connectivity index (χ4v) is 2.63. The molecular weight excluding hydrogens is 266 g/mol. The van der Waals surface area contributed by atoms with Crippen LogP contribution in [-0.4, -0.2) is 36.0 Å². The zero-order chi connectivity index (χ0) is 15.2. The van der Waals surface area contributed by atoms with E-state index in [-0.39, 0.29) is 12.5 Å². The third-order valence-electron chi connectivity index (χ3n) is 3.82. The normalized spacial score (nSPS) is 19.0. The van der Waals surface area contributed by atoms with Crippen molar-refractivity contribution in [2.24, 2.45) is 0 Å². The first-order valence-corrected chi connectivity index (χ1v) is 7.46. The largest absolute Gasteiger partial charge is 0.325 e. The third-order valence-corrected chi connectivity index (χ3v) is 3.82. The van der Waals surface area contributed by atoms with E-state index in [0.29, 0.717) is 11.7 Å². The number of carbonyl (C=O) groups is 2. The van der Waals surface area contributed by atoms with E-state index in [1.165, 1.54) is 6.42 Å². The van der Waals surface area contributed by atoms with Gasteiger partial charge in [-0.3, -0.25) is 15.0 Å². The van der Waals surface area contributed by atoms with E-state index in [4.69, 9.17) is 0 Å². The SMILES string of the molecule is Cc1cccc(NC(=O)NC(=O)CN2CCCCC2C)c1. The second-order valence-corrected chi connectivity index (χ2v) is 5.69. The number of aryl methyl sites for hydroxylation is 1. The van der Waals surface area contributed by atoms with E-state index in [1.807, 2.05) is 25.1 Å². The van der Waals surface area contributed by atoms with E-state index < -0.39 is 6.03 Å². The number of piperidine rings is 1. The van der Waals surface area contributed by atoms with Crippen LogP contribution in [0.25, 0.3) is 0 Å². The number of hydrogen-bond acceptors (Lipinski definition) is 3. The molecule has 114 valence electrons. The van der Waals surface area contributed by atoms with Crippen molar-refractivity contribution in [3.8, 4) is 0 Å². The molecule has 1 aliphatic rings. The maximum absolute atomic E-state index is 11.9. The van der Waals surface area contributed by atoms with Crippen LogP contribution in [0.15, 0.2) is 24.3 Å². The van der Waals surface area contributed by atoms with Crippen molar-refractivity contribution in [3.63, 3.8) is 0 Å². The smallest absolute Gasteiger partial charge is 0.308 e. The van der Waals surface area contributed by atoms with Crippen molar-refractivity contribution < 1.29 is 9.59 Å². The predicted molar refractivity (Wildman–Crippen MR) is 83.2 cm³/mol. The van der Waals surface area contributed by atoms with Crippen LogP contribution in [0.2, 0.25) is 0 Å². The summed E-state index contributed by atoms with van der Waals surface area (Å²) in [6, 6.07) is 7.40. The van der Waals surface area contributed by atoms with Gasteiger partial charge in [0.05, 0.1) is 6.54 Å². The summed E-state index contributed by atoms with van der Waals surface area (Å²) in [6.45, 7) is 5.28. The number of benzene rings is 1. The summed E-state index contributed by atoms with van der Waals surface area (Å²) in [5, 5.41) is 5.06. The predicted octanol–water partition coefficient (Wildman–Crippen LogP) is 2.52. The molecule has 0 saturated carbocycles. The molecule has 1 heterocycles. The van der Waals surface area contributed by atoms with Crippen molar-refractivity contribution >= 4 is 17.6 Å². The average Bonchev–Trinajstić information content (AvgIpc) is 2.41. The third kappa shape index (κ3) is 4.86. The monoisotopic (exact) mass is 289 g/mol. The first-order valence-electron chi connectivity index (χ1n) is 7.46. The Balaban J connectivity index is 1.80. The van der Waals surface area contributed by atoms with Crippen LogP contribution in [0.3, 0.4) is 0 Å². The fourth-order valence-electron chi connectivity index (χ4n) is 2.63. The summed E-state index contributed by atoms with van der Waals surface area (Å²) < 4.78 is 0. The molecule has 1 aliphatic heterocycles. The molecule has 21 heavy (non-hydrogen) atoms. The lowest BCUT2D eigenvalue weighted by molar-refractivity contribution is -0.121. The second kappa shape index (κ2) is 7.22. The van der Waals surface area contributed by atoms with Crippen molar-refractivity contribution in [2.45, 2.75) is 39.2 Å². The number of urea groups is 1. The van der Waals surface area contributed by atoms with E-state index in [0.717, 1.165) is 24.9 Å². The Bertz CT molecular complexity index is 516. The molecule has 1 atom stereocenters. The molecule has 1 unspecified atom stereocenters. The van der Waals surface area contributed by atoms with Gasteiger partial charge in [-0.05, 0) is 50.9 Å². The van der Waals surface area contributed by atoms with Gasteiger partial charge in [-0.1, -0.05) is 18.6 Å². The van der Waals surface area contributed by atoms with Crippen LogP contribution in [-0.2, 0) is 4.79 Å². The lowest BCUT2D eigenvalue weighted by Gasteiger charge is -2.32. The van der Waals surface area contributed by atoms with Crippen molar-refractivity contribution in [3.05, 3.63) is 29.8 Å². The van der Waals surface area contributed by atoms with Gasteiger partial charge in [-0.2, -0.15) is 0 Å². The van der Waals surface area contributed by atoms with E-state index in [9.17, 15) is 9.59 Å². The first kappa shape index (κ1) is 15.5. The van der Waals surface area contributed by atoms with Crippen molar-refractivity contribution in [1.82, 2.24) is 10.2 Å². The van der Waals surface area contributed by atoms with Gasteiger partial charge in [0.2, 0.25) is 5.91 Å². The minimum absolute atomic E-state index is 0.256. The molecule has 1 aromatic rings. The highest BCUT2D eigenvalue weighted by molar-refractivity contribution is 6.01. The number of anilines is 1. The quantitative estimate of drug-likeness (QED) is 0.899. The number of hydrogen-bond donors (Lipinski definition) is 2. The summed E-state index contributed by atoms with van der Waals surface area (Å²) in [5.41, 5.74) is 1.74. The highest BCUT2D eigenvalue weighted by Crippen LogP contribution is 2.15. The highest BCUT2D eigenvalue weighted by atomic mass is 16.2. The number of nitrogens with zero attached hydrogens (tertiary/aromatic N) is 1. The van der Waals surface area contributed by atoms with Gasteiger partial charge in [0.15, 0.2) is 0 Å². The van der Waals surface area contributed by atoms with Gasteiger partial charge in [0.25, 0.3) is 0 Å². The van der Waals surface area contributed by atoms with E-state index in [1.54, 1.807) is 6.07 Å². The first-order chi connectivity index (χ1) is 10.0. The Labute approximate surface area is 125 Å². The number of likely N-dealkylation sites (tertiary alicyclic amines) is 1. The number of imide groups is 1. The molecule has 1 fully saturated rings. The minimum atomic E-state index is -0.477. The average molecular weight is 289 g/mol. The summed E-state index contributed by atoms with van der Waals surface area (Å²) in [5.74, 6) is -0.256. The Morgan fingerprint density at radius 1 is 1.33 bits per heavy atom. The minimum Gasteiger partial charge on any atom is -0.308 e. The van der Waals surface area contributed by atoms with Gasteiger partial charge in [-0.25, -0.2) is 4.79 Å². The van der Waals surface area contributed by atoms with Gasteiger partial charge in [-0.15, -0.1) is 0 Å². The van der Waals surface area contributed by atoms with Crippen LogP contribution in [0.4, 0.5) is 10.5 Å². The second-order valence-electron chi connectivity index (χ2n) is 5.69. The molecule has 2 N–H and O–H groups in total. The summed E-state index contributed by atoms with van der Waals surface area (Å²) >= 11 is 0. The van der Waals surface area contributed by atoms with Gasteiger partial charge < -0.3 is 5.32 Å². The van der Waals surface area contributed by atoms with Crippen LogP contribution in [0, 0.1) is 6.92 Å². The van der Waals surface area contributed by atoms with E-state index in [2.05, 4.69) is 22.5 Å². The van der Waals surface area contributed by atoms with Crippen molar-refractivity contribution in [2.75, 3.05) is 18.4 Å². The Morgan fingerprint density at radius 3 is 2.86 bits per heavy atom. The number of rotatable bonds is 3. The summed E-state index contributed by atoms with van der Waals surface area (Å²) in [6.07, 6.45) is 3.45. The molecule has 5 heteroatoms. The fraction of sp³-hybridized carbons (Fsp3) is 0.500. The molecule has 1 aromatic carbocycles. The van der Waals surface area contributed by atoms with Gasteiger partial charge in [0, 0.05) is 11.7 Å². The molecule has 0 radical (unpaired) electrons. The molecule has 2 rings (SSSR count). The molecular formula is C16H23N3O2. The Kier molecular flexibility index (Phi) is 5.33. The number of amides is 3. The lowest BCUT2D eigenvalue weighted by atomic mass is 10.0. The molecule has 0 aromatic heterocycles. The van der Waals surface area contributed by atoms with Crippen molar-refractivity contribution in [1.29, 1.82) is 0 Å². The molecule has 1 saturated heterocycles. The zero-order valence-electron chi connectivity index (χ0n) is 12.7. The maximum atomic E-state index is 11.9. The molecule has 0 bridgehead atoms. The van der Waals surface area contributed by atoms with Gasteiger partial charge in [0.1, 0.15) is 0 Å². The maximum Gasteiger partial charge on any atom is 0.325 e. The number of nitrogens with one attached hydrogen (secondary N) is 2. The highest BCUT2D eigenvalue weighted by Gasteiger charge is 2.21. The molecule has 3 amide bonds. The lowest BCUT2D eigenvalue weighted by Crippen LogP contribution is -2.46. The van der Waals surface area contributed by atoms with Crippen LogP contribution >= 0.6 is 0 Å². The summed E-state index contributed by atoms with van der Waals surface area (Å²) in [4.78, 5) is 25.8.